The van der Waals surface area contributed by atoms with Crippen LogP contribution >= 0.6 is 0 Å². The van der Waals surface area contributed by atoms with Gasteiger partial charge in [-0.05, 0) is 51.1 Å². The second kappa shape index (κ2) is 5.80. The van der Waals surface area contributed by atoms with Crippen LogP contribution < -0.4 is 5.32 Å². The highest BCUT2D eigenvalue weighted by Gasteiger charge is 2.43. The third-order valence-corrected chi connectivity index (χ3v) is 5.39. The van der Waals surface area contributed by atoms with Gasteiger partial charge in [-0.15, -0.1) is 0 Å². The van der Waals surface area contributed by atoms with E-state index in [4.69, 9.17) is 0 Å². The number of rotatable bonds is 2. The Morgan fingerprint density at radius 3 is 2.74 bits per heavy atom. The summed E-state index contributed by atoms with van der Waals surface area (Å²) in [5, 5.41) is 13.2. The first-order valence-corrected chi connectivity index (χ1v) is 7.96. The molecule has 0 bridgehead atoms. The van der Waals surface area contributed by atoms with Crippen LogP contribution in [0.5, 0.6) is 0 Å². The molecule has 0 saturated carbocycles. The molecule has 4 nitrogen and oxygen atoms in total. The highest BCUT2D eigenvalue weighted by atomic mass is 16.4. The highest BCUT2D eigenvalue weighted by molar-refractivity contribution is 5.71. The van der Waals surface area contributed by atoms with E-state index in [-0.39, 0.29) is 5.92 Å². The number of hydrogen-bond donors (Lipinski definition) is 2. The summed E-state index contributed by atoms with van der Waals surface area (Å²) in [5.41, 5.74) is 0. The van der Waals surface area contributed by atoms with Gasteiger partial charge in [-0.3, -0.25) is 9.69 Å². The smallest absolute Gasteiger partial charge is 0.308 e. The van der Waals surface area contributed by atoms with Gasteiger partial charge in [-0.25, -0.2) is 0 Å². The first kappa shape index (κ1) is 13.4. The van der Waals surface area contributed by atoms with Crippen LogP contribution in [-0.4, -0.2) is 47.7 Å². The molecule has 0 unspecified atom stereocenters. The molecule has 4 atom stereocenters. The summed E-state index contributed by atoms with van der Waals surface area (Å²) in [6.45, 7) is 3.34. The van der Waals surface area contributed by atoms with E-state index in [1.54, 1.807) is 0 Å². The normalized spacial score (nSPS) is 40.6. The summed E-state index contributed by atoms with van der Waals surface area (Å²) in [7, 11) is 0. The van der Waals surface area contributed by atoms with E-state index in [1.807, 2.05) is 0 Å². The van der Waals surface area contributed by atoms with Gasteiger partial charge in [0.15, 0.2) is 0 Å². The maximum atomic E-state index is 11.6. The summed E-state index contributed by atoms with van der Waals surface area (Å²) in [4.78, 5) is 14.1. The van der Waals surface area contributed by atoms with Gasteiger partial charge >= 0.3 is 5.97 Å². The molecule has 4 heteroatoms. The molecule has 19 heavy (non-hydrogen) atoms. The third kappa shape index (κ3) is 2.79. The third-order valence-electron chi connectivity index (χ3n) is 5.39. The zero-order chi connectivity index (χ0) is 13.2. The van der Waals surface area contributed by atoms with Gasteiger partial charge in [0.1, 0.15) is 0 Å². The van der Waals surface area contributed by atoms with Crippen molar-refractivity contribution in [3.63, 3.8) is 0 Å². The molecular formula is C15H26N2O2. The van der Waals surface area contributed by atoms with Gasteiger partial charge in [0.05, 0.1) is 5.92 Å². The number of carboxylic acid groups (broad SMARTS) is 1. The number of nitrogens with zero attached hydrogens (tertiary/aromatic N) is 1. The van der Waals surface area contributed by atoms with Crippen molar-refractivity contribution >= 4 is 5.97 Å². The van der Waals surface area contributed by atoms with Gasteiger partial charge in [-0.2, -0.15) is 0 Å². The highest BCUT2D eigenvalue weighted by Crippen LogP contribution is 2.36. The Morgan fingerprint density at radius 2 is 2.00 bits per heavy atom. The van der Waals surface area contributed by atoms with E-state index in [9.17, 15) is 9.90 Å². The van der Waals surface area contributed by atoms with Crippen molar-refractivity contribution in [2.75, 3.05) is 19.6 Å². The number of carbonyl (C=O) groups is 1. The lowest BCUT2D eigenvalue weighted by Gasteiger charge is -2.48. The van der Waals surface area contributed by atoms with Crippen LogP contribution in [0.1, 0.15) is 44.9 Å². The lowest BCUT2D eigenvalue weighted by molar-refractivity contribution is -0.148. The van der Waals surface area contributed by atoms with E-state index in [2.05, 4.69) is 10.2 Å². The van der Waals surface area contributed by atoms with Gasteiger partial charge in [0.25, 0.3) is 0 Å². The molecule has 108 valence electrons. The predicted molar refractivity (Wildman–Crippen MR) is 74.1 cm³/mol. The van der Waals surface area contributed by atoms with Gasteiger partial charge < -0.3 is 10.4 Å². The van der Waals surface area contributed by atoms with Gasteiger partial charge in [0, 0.05) is 18.6 Å². The van der Waals surface area contributed by atoms with E-state index >= 15 is 0 Å². The van der Waals surface area contributed by atoms with Crippen molar-refractivity contribution in [3.05, 3.63) is 0 Å². The van der Waals surface area contributed by atoms with Gasteiger partial charge in [0.2, 0.25) is 0 Å². The number of fused-ring (bicyclic) bond motifs is 1. The first-order valence-electron chi connectivity index (χ1n) is 7.96. The fourth-order valence-corrected chi connectivity index (χ4v) is 4.40. The Hall–Kier alpha value is -0.610. The lowest BCUT2D eigenvalue weighted by atomic mass is 9.75. The topological polar surface area (TPSA) is 52.6 Å². The van der Waals surface area contributed by atoms with E-state index in [0.29, 0.717) is 18.0 Å². The molecular weight excluding hydrogens is 240 g/mol. The number of carboxylic acids is 1. The molecule has 3 heterocycles. The standard InChI is InChI=1S/C15H26N2O2/c18-15(19)12-9-11(13-5-1-3-7-16-13)10-17-8-4-2-6-14(12)17/h11-14,16H,1-10H2,(H,18,19)/t11-,12+,13-,14+/m0/s1. The SMILES string of the molecule is O=C(O)[C@@H]1C[C@H]([C@@H]2CCCCN2)CN2CCCC[C@H]12. The molecule has 3 fully saturated rings. The van der Waals surface area contributed by atoms with Crippen LogP contribution in [0, 0.1) is 11.8 Å². The molecule has 0 aromatic rings. The largest absolute Gasteiger partial charge is 0.481 e. The molecule has 0 spiro atoms. The van der Waals surface area contributed by atoms with Crippen molar-refractivity contribution < 1.29 is 9.90 Å². The second-order valence-electron chi connectivity index (χ2n) is 6.55. The minimum absolute atomic E-state index is 0.136. The Bertz CT molecular complexity index is 328. The fourth-order valence-electron chi connectivity index (χ4n) is 4.40. The summed E-state index contributed by atoms with van der Waals surface area (Å²) in [6.07, 6.45) is 8.23. The Balaban J connectivity index is 1.71. The molecule has 0 aromatic heterocycles. The zero-order valence-corrected chi connectivity index (χ0v) is 11.7. The monoisotopic (exact) mass is 266 g/mol. The maximum Gasteiger partial charge on any atom is 0.308 e. The second-order valence-corrected chi connectivity index (χ2v) is 6.55. The van der Waals surface area contributed by atoms with Gasteiger partial charge in [-0.1, -0.05) is 12.8 Å². The predicted octanol–water partition coefficient (Wildman–Crippen LogP) is 1.70. The van der Waals surface area contributed by atoms with Crippen molar-refractivity contribution in [2.45, 2.75) is 57.0 Å². The molecule has 0 aromatic carbocycles. The average molecular weight is 266 g/mol. The summed E-state index contributed by atoms with van der Waals surface area (Å²) < 4.78 is 0. The molecule has 3 aliphatic rings. The van der Waals surface area contributed by atoms with Crippen LogP contribution in [0.15, 0.2) is 0 Å². The molecule has 0 amide bonds. The van der Waals surface area contributed by atoms with Crippen LogP contribution in [0.4, 0.5) is 0 Å². The minimum atomic E-state index is -0.572. The van der Waals surface area contributed by atoms with Crippen LogP contribution in [0.3, 0.4) is 0 Å². The van der Waals surface area contributed by atoms with Crippen molar-refractivity contribution in [1.29, 1.82) is 0 Å². The fraction of sp³-hybridized carbons (Fsp3) is 0.933. The van der Waals surface area contributed by atoms with E-state index < -0.39 is 5.97 Å². The summed E-state index contributed by atoms with van der Waals surface area (Å²) in [6, 6.07) is 0.865. The maximum absolute atomic E-state index is 11.6. The number of piperidine rings is 3. The number of hydrogen-bond acceptors (Lipinski definition) is 3. The molecule has 0 aliphatic carbocycles. The molecule has 0 radical (unpaired) electrons. The van der Waals surface area contributed by atoms with E-state index in [1.165, 1.54) is 32.1 Å². The van der Waals surface area contributed by atoms with Crippen molar-refractivity contribution in [2.24, 2.45) is 11.8 Å². The number of aliphatic carboxylic acids is 1. The summed E-state index contributed by atoms with van der Waals surface area (Å²) >= 11 is 0. The lowest BCUT2D eigenvalue weighted by Crippen LogP contribution is -2.57. The Morgan fingerprint density at radius 1 is 1.16 bits per heavy atom. The first-order chi connectivity index (χ1) is 9.25. The average Bonchev–Trinajstić information content (AvgIpc) is 2.47. The minimum Gasteiger partial charge on any atom is -0.481 e. The Labute approximate surface area is 115 Å². The zero-order valence-electron chi connectivity index (χ0n) is 11.7. The molecule has 3 aliphatic heterocycles. The molecule has 3 rings (SSSR count). The van der Waals surface area contributed by atoms with E-state index in [0.717, 1.165) is 32.5 Å². The van der Waals surface area contributed by atoms with Crippen LogP contribution in [-0.2, 0) is 4.79 Å². The number of nitrogens with one attached hydrogen (secondary N) is 1. The van der Waals surface area contributed by atoms with Crippen LogP contribution in [0.2, 0.25) is 0 Å². The van der Waals surface area contributed by atoms with Crippen molar-refractivity contribution in [1.82, 2.24) is 10.2 Å². The molecule has 3 saturated heterocycles. The Kier molecular flexibility index (Phi) is 4.08. The molecule has 2 N–H and O–H groups in total. The summed E-state index contributed by atoms with van der Waals surface area (Å²) in [5.74, 6) is -0.170. The quantitative estimate of drug-likeness (QED) is 0.799. The van der Waals surface area contributed by atoms with Crippen molar-refractivity contribution in [3.8, 4) is 0 Å². The van der Waals surface area contributed by atoms with Crippen LogP contribution in [0.25, 0.3) is 0 Å².